The second kappa shape index (κ2) is 23.8. The molecule has 12 rings (SSSR count). The summed E-state index contributed by atoms with van der Waals surface area (Å²) in [6.07, 6.45) is -6.95. The highest BCUT2D eigenvalue weighted by Gasteiger charge is 2.52. The Hall–Kier alpha value is -7.28. The Bertz CT molecular complexity index is 3850. The van der Waals surface area contributed by atoms with Crippen LogP contribution in [0.4, 0.5) is 35.1 Å². The maximum absolute atomic E-state index is 13.7. The second-order valence-corrected chi connectivity index (χ2v) is 27.5. The topological polar surface area (TPSA) is 246 Å². The summed E-state index contributed by atoms with van der Waals surface area (Å²) in [4.78, 5) is 60.3. The summed E-state index contributed by atoms with van der Waals surface area (Å²) in [5.41, 5.74) is -0.590. The number of amides is 3. The molecule has 0 aliphatic carbocycles. The van der Waals surface area contributed by atoms with Gasteiger partial charge in [-0.3, -0.25) is 24.4 Å². The van der Waals surface area contributed by atoms with Gasteiger partial charge in [0.1, 0.15) is 34.4 Å². The highest BCUT2D eigenvalue weighted by molar-refractivity contribution is 7.92. The number of carboxylic acids is 1. The first-order chi connectivity index (χ1) is 41.7. The number of hydrogen-bond acceptors (Lipinski definition) is 13. The van der Waals surface area contributed by atoms with Crippen molar-refractivity contribution in [1.82, 2.24) is 29.5 Å². The van der Waals surface area contributed by atoms with Gasteiger partial charge in [0.25, 0.3) is 17.7 Å². The summed E-state index contributed by atoms with van der Waals surface area (Å²) in [5, 5.41) is 19.4. The van der Waals surface area contributed by atoms with E-state index in [0.29, 0.717) is 83.8 Å². The van der Waals surface area contributed by atoms with Crippen molar-refractivity contribution < 1.29 is 85.7 Å². The molecule has 29 heteroatoms. The number of aliphatic imine (C=N–C) groups is 2. The van der Waals surface area contributed by atoms with Crippen LogP contribution in [0.1, 0.15) is 102 Å². The van der Waals surface area contributed by atoms with Crippen molar-refractivity contribution in [2.24, 2.45) is 20.8 Å². The smallest absolute Gasteiger partial charge is 0.419 e. The number of rotatable bonds is 10. The standard InChI is InChI=1S/C30H30F4N4O5S.C25H23F4N3O5S.C5H9NO/c1-18-11-21(26(39)37-14-28(15-37)16-43-17-28)12-19(2)22(18)5-10-44(41,42)38-8-6-29(7-9-38)27(40)35-25(36-29)20-3-4-24(31)23(13-20)30(32,33)34;1-14-11-17(22(33)34)12-15(2)18(14)5-10-38(36,37)32-8-6-24(7-9-32)23(35)30-21(31-24)16-3-4-20(26)19(13-16)25(27,28)29;1-5(2-6-1)3-7-4-5/h3-5,10-13H,6-9,14-17H2,1-2H3,(H,35,36,40);3-5,10-13H,6-9H2,1-2H3,(H,33,34)(H,30,31,35);6H,1-4H2/b2*10-5+;. The van der Waals surface area contributed by atoms with Gasteiger partial charge in [0.05, 0.1) is 48.5 Å². The first-order valence-corrected chi connectivity index (χ1v) is 31.2. The van der Waals surface area contributed by atoms with E-state index in [-0.39, 0.29) is 91.5 Å². The van der Waals surface area contributed by atoms with Gasteiger partial charge in [-0.1, -0.05) is 0 Å². The summed E-state index contributed by atoms with van der Waals surface area (Å²) in [5.74, 6) is -5.41. The number of halogens is 8. The molecule has 8 aliphatic heterocycles. The van der Waals surface area contributed by atoms with Crippen molar-refractivity contribution in [3.8, 4) is 0 Å². The van der Waals surface area contributed by atoms with Crippen LogP contribution in [-0.2, 0) is 51.5 Å². The van der Waals surface area contributed by atoms with Crippen LogP contribution >= 0.6 is 0 Å². The quantitative estimate of drug-likeness (QED) is 0.116. The van der Waals surface area contributed by atoms with Crippen LogP contribution in [0.5, 0.6) is 0 Å². The average Bonchev–Trinajstić information content (AvgIpc) is 2.43. The first kappa shape index (κ1) is 64.7. The normalized spacial score (nSPS) is 21.0. The number of piperidine rings is 2. The molecule has 8 aliphatic rings. The lowest BCUT2D eigenvalue weighted by molar-refractivity contribution is -0.176. The van der Waals surface area contributed by atoms with E-state index in [4.69, 9.17) is 9.47 Å². The molecule has 6 saturated heterocycles. The Kier molecular flexibility index (Phi) is 17.3. The number of benzene rings is 4. The Morgan fingerprint density at radius 3 is 1.26 bits per heavy atom. The summed E-state index contributed by atoms with van der Waals surface area (Å²) in [7, 11) is -7.80. The monoisotopic (exact) mass is 1290 g/mol. The van der Waals surface area contributed by atoms with Gasteiger partial charge in [-0.2, -0.15) is 35.0 Å². The summed E-state index contributed by atoms with van der Waals surface area (Å²) in [6.45, 7) is 13.8. The Morgan fingerprint density at radius 1 is 0.584 bits per heavy atom. The van der Waals surface area contributed by atoms with Crippen molar-refractivity contribution in [1.29, 1.82) is 0 Å². The van der Waals surface area contributed by atoms with Crippen LogP contribution in [0.3, 0.4) is 0 Å². The molecule has 8 heterocycles. The third-order valence-electron chi connectivity index (χ3n) is 17.3. The number of aromatic carboxylic acids is 1. The summed E-state index contributed by atoms with van der Waals surface area (Å²) in [6, 6.07) is 11.1. The first-order valence-electron chi connectivity index (χ1n) is 28.2. The maximum atomic E-state index is 13.7. The predicted molar refractivity (Wildman–Crippen MR) is 309 cm³/mol. The lowest BCUT2D eigenvalue weighted by atomic mass is 9.77. The molecule has 4 spiro atoms. The zero-order valence-electron chi connectivity index (χ0n) is 48.5. The fourth-order valence-corrected chi connectivity index (χ4v) is 14.3. The number of hydrogen-bond donors (Lipinski definition) is 4. The van der Waals surface area contributed by atoms with Crippen LogP contribution < -0.4 is 16.0 Å². The number of alkyl halides is 6. The molecular weight excluding hydrogens is 1220 g/mol. The van der Waals surface area contributed by atoms with E-state index >= 15 is 0 Å². The Balaban J connectivity index is 0.000000177. The van der Waals surface area contributed by atoms with Gasteiger partial charge in [-0.05, 0) is 160 Å². The number of aryl methyl sites for hydroxylation is 4. The van der Waals surface area contributed by atoms with Crippen molar-refractivity contribution in [3.63, 3.8) is 0 Å². The molecule has 4 aromatic rings. The molecule has 0 bridgehead atoms. The number of carbonyl (C=O) groups is 4. The molecule has 0 radical (unpaired) electrons. The second-order valence-electron chi connectivity index (χ2n) is 23.9. The zero-order valence-corrected chi connectivity index (χ0v) is 50.1. The molecular formula is C60H62F8N8O11S2. The fraction of sp³-hybridized carbons (Fsp3) is 0.433. The largest absolute Gasteiger partial charge is 0.478 e. The van der Waals surface area contributed by atoms with Crippen LogP contribution in [0.25, 0.3) is 12.2 Å². The van der Waals surface area contributed by atoms with Crippen LogP contribution in [0.15, 0.2) is 81.5 Å². The molecule has 0 unspecified atom stereocenters. The number of carbonyl (C=O) groups excluding carboxylic acids is 3. The van der Waals surface area contributed by atoms with Crippen LogP contribution in [0.2, 0.25) is 0 Å². The minimum atomic E-state index is -4.93. The summed E-state index contributed by atoms with van der Waals surface area (Å²) < 4.78 is 171. The number of likely N-dealkylation sites (tertiary alicyclic amines) is 1. The van der Waals surface area contributed by atoms with Gasteiger partial charge >= 0.3 is 18.3 Å². The lowest BCUT2D eigenvalue weighted by Crippen LogP contribution is -2.67. The molecule has 476 valence electrons. The van der Waals surface area contributed by atoms with Crippen LogP contribution in [-0.4, -0.2) is 161 Å². The number of amidine groups is 2. The summed E-state index contributed by atoms with van der Waals surface area (Å²) >= 11 is 0. The molecule has 19 nitrogen and oxygen atoms in total. The van der Waals surface area contributed by atoms with E-state index in [1.165, 1.54) is 46.0 Å². The van der Waals surface area contributed by atoms with Gasteiger partial charge in [0.15, 0.2) is 0 Å². The minimum absolute atomic E-state index is 0.00586. The van der Waals surface area contributed by atoms with E-state index in [2.05, 4.69) is 25.9 Å². The van der Waals surface area contributed by atoms with Crippen LogP contribution in [0, 0.1) is 50.2 Å². The van der Waals surface area contributed by atoms with Gasteiger partial charge in [0, 0.05) is 85.3 Å². The van der Waals surface area contributed by atoms with E-state index in [0.717, 1.165) is 47.3 Å². The molecule has 89 heavy (non-hydrogen) atoms. The number of nitrogens with one attached hydrogen (secondary N) is 3. The third-order valence-corrected chi connectivity index (χ3v) is 20.5. The van der Waals surface area contributed by atoms with E-state index in [1.54, 1.807) is 30.9 Å². The van der Waals surface area contributed by atoms with Gasteiger partial charge in [0.2, 0.25) is 20.0 Å². The van der Waals surface area contributed by atoms with Crippen molar-refractivity contribution >= 4 is 67.6 Å². The molecule has 0 saturated carbocycles. The molecule has 6 fully saturated rings. The highest BCUT2D eigenvalue weighted by Crippen LogP contribution is 2.40. The van der Waals surface area contributed by atoms with E-state index in [1.807, 2.05) is 13.8 Å². The number of carboxylic acid groups (broad SMARTS) is 1. The Morgan fingerprint density at radius 2 is 0.955 bits per heavy atom. The highest BCUT2D eigenvalue weighted by atomic mass is 32.2. The SMILES string of the molecule is C1NCC12COC2.Cc1cc(C(=O)N2CC3(COC3)C2)cc(C)c1/C=C/S(=O)(=O)N1CCC2(CC1)N=C(c1ccc(F)c(C(F)(F)F)c1)NC2=O.Cc1cc(C(=O)O)cc(C)c1/C=C/S(=O)(=O)N1CCC2(CC1)N=C(c1ccc(F)c(C(F)(F)F)c1)NC2=O. The molecule has 0 atom stereocenters. The van der Waals surface area contributed by atoms with Crippen molar-refractivity contribution in [3.05, 3.63) is 150 Å². The van der Waals surface area contributed by atoms with E-state index < -0.39 is 84.0 Å². The number of sulfonamides is 2. The van der Waals surface area contributed by atoms with Gasteiger partial charge in [-0.15, -0.1) is 0 Å². The average molecular weight is 1290 g/mol. The van der Waals surface area contributed by atoms with Gasteiger partial charge < -0.3 is 35.4 Å². The third kappa shape index (κ3) is 13.2. The van der Waals surface area contributed by atoms with E-state index in [9.17, 15) is 76.2 Å². The predicted octanol–water partition coefficient (Wildman–Crippen LogP) is 7.12. The van der Waals surface area contributed by atoms with Crippen molar-refractivity contribution in [2.75, 3.05) is 78.8 Å². The number of ether oxygens (including phenoxy) is 2. The lowest BCUT2D eigenvalue weighted by Gasteiger charge is -2.54. The zero-order chi connectivity index (χ0) is 64.4. The maximum Gasteiger partial charge on any atom is 0.419 e. The fourth-order valence-electron chi connectivity index (χ4n) is 11.9. The van der Waals surface area contributed by atoms with Crippen molar-refractivity contribution in [2.45, 2.75) is 76.8 Å². The Labute approximate surface area is 507 Å². The molecule has 0 aromatic heterocycles. The molecule has 4 N–H and O–H groups in total. The number of nitrogens with zero attached hydrogens (tertiary/aromatic N) is 5. The molecule has 4 aromatic carbocycles. The minimum Gasteiger partial charge on any atom is -0.478 e. The van der Waals surface area contributed by atoms with Gasteiger partial charge in [-0.25, -0.2) is 30.4 Å². The molecule has 3 amide bonds.